The van der Waals surface area contributed by atoms with E-state index in [1.807, 2.05) is 18.2 Å². The van der Waals surface area contributed by atoms with Crippen molar-refractivity contribution in [3.63, 3.8) is 0 Å². The van der Waals surface area contributed by atoms with Crippen molar-refractivity contribution in [2.24, 2.45) is 0 Å². The summed E-state index contributed by atoms with van der Waals surface area (Å²) in [6, 6.07) is 5.54. The number of amides is 1. The molecule has 0 saturated heterocycles. The number of imidazole rings is 1. The Morgan fingerprint density at radius 2 is 2.24 bits per heavy atom. The van der Waals surface area contributed by atoms with E-state index in [0.29, 0.717) is 19.4 Å². The molecule has 17 heavy (non-hydrogen) atoms. The third-order valence-electron chi connectivity index (χ3n) is 2.31. The smallest absolute Gasteiger partial charge is 0.226 e. The summed E-state index contributed by atoms with van der Waals surface area (Å²) in [7, 11) is 0. The highest BCUT2D eigenvalue weighted by Gasteiger charge is 2.03. The molecule has 0 unspecified atom stereocenters. The molecular formula is C12H14N4O. The van der Waals surface area contributed by atoms with Crippen molar-refractivity contribution in [2.75, 3.05) is 6.54 Å². The van der Waals surface area contributed by atoms with Gasteiger partial charge < -0.3 is 10.3 Å². The fourth-order valence-corrected chi connectivity index (χ4v) is 1.48. The van der Waals surface area contributed by atoms with Crippen molar-refractivity contribution >= 4 is 5.91 Å². The van der Waals surface area contributed by atoms with Gasteiger partial charge in [-0.25, -0.2) is 4.98 Å². The Kier molecular flexibility index (Phi) is 3.85. The van der Waals surface area contributed by atoms with Crippen LogP contribution in [0, 0.1) is 0 Å². The van der Waals surface area contributed by atoms with Gasteiger partial charge in [-0.2, -0.15) is 0 Å². The fraction of sp³-hybridized carbons (Fsp3) is 0.250. The van der Waals surface area contributed by atoms with Gasteiger partial charge in [0.1, 0.15) is 5.82 Å². The lowest BCUT2D eigenvalue weighted by Crippen LogP contribution is -2.27. The quantitative estimate of drug-likeness (QED) is 0.794. The molecule has 1 amide bonds. The van der Waals surface area contributed by atoms with Gasteiger partial charge in [0.15, 0.2) is 0 Å². The number of aromatic amines is 1. The highest BCUT2D eigenvalue weighted by molar-refractivity contribution is 5.78. The van der Waals surface area contributed by atoms with Gasteiger partial charge in [0, 0.05) is 37.3 Å². The molecule has 0 fully saturated rings. The Bertz CT molecular complexity index is 453. The van der Waals surface area contributed by atoms with Crippen molar-refractivity contribution in [3.8, 4) is 0 Å². The molecule has 5 nitrogen and oxygen atoms in total. The van der Waals surface area contributed by atoms with E-state index in [4.69, 9.17) is 0 Å². The average Bonchev–Trinajstić information content (AvgIpc) is 2.83. The topological polar surface area (TPSA) is 70.7 Å². The molecule has 2 aromatic heterocycles. The van der Waals surface area contributed by atoms with Crippen LogP contribution in [0.2, 0.25) is 0 Å². The molecule has 0 radical (unpaired) electrons. The van der Waals surface area contributed by atoms with E-state index in [1.54, 1.807) is 18.6 Å². The van der Waals surface area contributed by atoms with Crippen molar-refractivity contribution in [1.82, 2.24) is 20.3 Å². The minimum atomic E-state index is -0.0183. The number of nitrogens with zero attached hydrogens (tertiary/aromatic N) is 2. The monoisotopic (exact) mass is 230 g/mol. The first-order valence-electron chi connectivity index (χ1n) is 5.49. The second kappa shape index (κ2) is 5.79. The lowest BCUT2D eigenvalue weighted by molar-refractivity contribution is -0.120. The maximum atomic E-state index is 11.6. The number of H-pyrrole nitrogens is 1. The van der Waals surface area contributed by atoms with Gasteiger partial charge >= 0.3 is 0 Å². The molecule has 0 atom stereocenters. The van der Waals surface area contributed by atoms with Gasteiger partial charge in [-0.1, -0.05) is 6.07 Å². The van der Waals surface area contributed by atoms with E-state index in [9.17, 15) is 4.79 Å². The number of aromatic nitrogens is 3. The molecule has 0 bridgehead atoms. The first-order chi connectivity index (χ1) is 8.34. The number of hydrogen-bond acceptors (Lipinski definition) is 3. The highest BCUT2D eigenvalue weighted by atomic mass is 16.1. The van der Waals surface area contributed by atoms with Gasteiger partial charge in [-0.15, -0.1) is 0 Å². The zero-order valence-electron chi connectivity index (χ0n) is 9.39. The van der Waals surface area contributed by atoms with Crippen LogP contribution in [0.4, 0.5) is 0 Å². The van der Waals surface area contributed by atoms with Crippen LogP contribution < -0.4 is 5.32 Å². The Morgan fingerprint density at radius 3 is 2.94 bits per heavy atom. The van der Waals surface area contributed by atoms with E-state index in [2.05, 4.69) is 20.3 Å². The number of hydrogen-bond donors (Lipinski definition) is 2. The minimum Gasteiger partial charge on any atom is -0.355 e. The van der Waals surface area contributed by atoms with Crippen LogP contribution in [0.1, 0.15) is 11.5 Å². The second-order valence-electron chi connectivity index (χ2n) is 3.63. The molecule has 0 aliphatic heterocycles. The summed E-state index contributed by atoms with van der Waals surface area (Å²) in [5.41, 5.74) is 0.781. The van der Waals surface area contributed by atoms with Gasteiger partial charge in [0.05, 0.1) is 6.42 Å². The minimum absolute atomic E-state index is 0.0183. The second-order valence-corrected chi connectivity index (χ2v) is 3.63. The molecule has 88 valence electrons. The first-order valence-corrected chi connectivity index (χ1v) is 5.49. The van der Waals surface area contributed by atoms with E-state index >= 15 is 0 Å². The molecule has 5 heteroatoms. The summed E-state index contributed by atoms with van der Waals surface area (Å²) in [6.07, 6.45) is 6.18. The highest BCUT2D eigenvalue weighted by Crippen LogP contribution is 1.94. The van der Waals surface area contributed by atoms with Crippen LogP contribution in [0.5, 0.6) is 0 Å². The van der Waals surface area contributed by atoms with Crippen molar-refractivity contribution < 1.29 is 4.79 Å². The van der Waals surface area contributed by atoms with Crippen LogP contribution in [-0.4, -0.2) is 27.4 Å². The molecule has 0 spiro atoms. The lowest BCUT2D eigenvalue weighted by Gasteiger charge is -2.03. The number of carbonyl (C=O) groups excluding carboxylic acids is 1. The maximum Gasteiger partial charge on any atom is 0.226 e. The average molecular weight is 230 g/mol. The molecule has 0 saturated carbocycles. The van der Waals surface area contributed by atoms with Gasteiger partial charge in [0.25, 0.3) is 0 Å². The Labute approximate surface area is 99.3 Å². The number of nitrogens with one attached hydrogen (secondary N) is 2. The first kappa shape index (κ1) is 11.3. The van der Waals surface area contributed by atoms with E-state index in [0.717, 1.165) is 11.5 Å². The standard InChI is InChI=1S/C12H14N4O/c17-12(9-10-3-1-2-5-13-10)16-6-4-11-14-7-8-15-11/h1-3,5,7-8H,4,6,9H2,(H,14,15)(H,16,17). The molecule has 2 rings (SSSR count). The zero-order chi connectivity index (χ0) is 11.9. The SMILES string of the molecule is O=C(Cc1ccccn1)NCCc1ncc[nH]1. The summed E-state index contributed by atoms with van der Waals surface area (Å²) in [4.78, 5) is 22.7. The summed E-state index contributed by atoms with van der Waals surface area (Å²) >= 11 is 0. The van der Waals surface area contributed by atoms with Gasteiger partial charge in [-0.05, 0) is 12.1 Å². The number of carbonyl (C=O) groups is 1. The summed E-state index contributed by atoms with van der Waals surface area (Å²) in [5, 5.41) is 2.83. The van der Waals surface area contributed by atoms with Gasteiger partial charge in [-0.3, -0.25) is 9.78 Å². The number of pyridine rings is 1. The predicted octanol–water partition coefficient (Wildman–Crippen LogP) is 0.706. The predicted molar refractivity (Wildman–Crippen MR) is 63.2 cm³/mol. The maximum absolute atomic E-state index is 11.6. The van der Waals surface area contributed by atoms with Crippen LogP contribution in [0.25, 0.3) is 0 Å². The fourth-order valence-electron chi connectivity index (χ4n) is 1.48. The summed E-state index contributed by atoms with van der Waals surface area (Å²) in [5.74, 6) is 0.860. The molecule has 0 aliphatic carbocycles. The normalized spacial score (nSPS) is 10.1. The summed E-state index contributed by atoms with van der Waals surface area (Å²) < 4.78 is 0. The molecule has 0 aliphatic rings. The Morgan fingerprint density at radius 1 is 1.29 bits per heavy atom. The largest absolute Gasteiger partial charge is 0.355 e. The molecule has 2 aromatic rings. The molecular weight excluding hydrogens is 216 g/mol. The Balaban J connectivity index is 1.71. The van der Waals surface area contributed by atoms with Crippen molar-refractivity contribution in [3.05, 3.63) is 48.3 Å². The lowest BCUT2D eigenvalue weighted by atomic mass is 10.2. The van der Waals surface area contributed by atoms with E-state index in [1.165, 1.54) is 0 Å². The van der Waals surface area contributed by atoms with Crippen molar-refractivity contribution in [2.45, 2.75) is 12.8 Å². The molecule has 2 N–H and O–H groups in total. The number of rotatable bonds is 5. The third kappa shape index (κ3) is 3.71. The molecule has 2 heterocycles. The van der Waals surface area contributed by atoms with E-state index in [-0.39, 0.29) is 5.91 Å². The van der Waals surface area contributed by atoms with Gasteiger partial charge in [0.2, 0.25) is 5.91 Å². The van der Waals surface area contributed by atoms with Crippen LogP contribution in [0.3, 0.4) is 0 Å². The Hall–Kier alpha value is -2.17. The molecule has 0 aromatic carbocycles. The van der Waals surface area contributed by atoms with Crippen molar-refractivity contribution in [1.29, 1.82) is 0 Å². The van der Waals surface area contributed by atoms with Crippen LogP contribution in [-0.2, 0) is 17.6 Å². The third-order valence-corrected chi connectivity index (χ3v) is 2.31. The van der Waals surface area contributed by atoms with Crippen LogP contribution >= 0.6 is 0 Å². The van der Waals surface area contributed by atoms with E-state index < -0.39 is 0 Å². The van der Waals surface area contributed by atoms with Crippen LogP contribution in [0.15, 0.2) is 36.8 Å². The summed E-state index contributed by atoms with van der Waals surface area (Å²) in [6.45, 7) is 0.583. The zero-order valence-corrected chi connectivity index (χ0v) is 9.39.